The van der Waals surface area contributed by atoms with E-state index in [0.29, 0.717) is 10.7 Å². The Kier molecular flexibility index (Phi) is 5.44. The van der Waals surface area contributed by atoms with E-state index in [1.807, 2.05) is 79.7 Å². The van der Waals surface area contributed by atoms with Gasteiger partial charge in [0.2, 0.25) is 0 Å². The minimum Gasteiger partial charge on any atom is -0.443 e. The molecular formula is C22H29BClNO4. The van der Waals surface area contributed by atoms with Crippen molar-refractivity contribution in [2.24, 2.45) is 0 Å². The summed E-state index contributed by atoms with van der Waals surface area (Å²) in [7, 11) is -0.582. The van der Waals surface area contributed by atoms with Crippen molar-refractivity contribution in [1.82, 2.24) is 4.57 Å². The average Bonchev–Trinajstić information content (AvgIpc) is 3.07. The van der Waals surface area contributed by atoms with Crippen LogP contribution in [0.1, 0.15) is 54.0 Å². The number of carbonyl (C=O) groups excluding carboxylic acids is 1. The number of rotatable bonds is 2. The molecule has 0 atom stereocenters. The maximum atomic E-state index is 13.0. The molecule has 1 saturated heterocycles. The Labute approximate surface area is 178 Å². The highest BCUT2D eigenvalue weighted by molar-refractivity contribution is 6.62. The SMILES string of the molecule is Cc1ccc(Cl)cc1-c1cc(B2OC(C)(C)C(C)(C)O2)cn1C(=O)OC(C)(C)C. The van der Waals surface area contributed by atoms with Crippen LogP contribution in [0.15, 0.2) is 30.5 Å². The van der Waals surface area contributed by atoms with Gasteiger partial charge in [-0.1, -0.05) is 17.7 Å². The number of halogens is 1. The van der Waals surface area contributed by atoms with Gasteiger partial charge in [-0.15, -0.1) is 0 Å². The number of nitrogens with zero attached hydrogens (tertiary/aromatic N) is 1. The molecule has 0 spiro atoms. The van der Waals surface area contributed by atoms with Crippen molar-refractivity contribution < 1.29 is 18.8 Å². The second kappa shape index (κ2) is 7.19. The zero-order valence-electron chi connectivity index (χ0n) is 18.4. The number of carbonyl (C=O) groups is 1. The molecule has 3 rings (SSSR count). The van der Waals surface area contributed by atoms with Crippen LogP contribution in [0.2, 0.25) is 5.02 Å². The molecule has 1 aromatic heterocycles. The van der Waals surface area contributed by atoms with E-state index >= 15 is 0 Å². The van der Waals surface area contributed by atoms with Crippen LogP contribution in [0.4, 0.5) is 4.79 Å². The molecule has 0 radical (unpaired) electrons. The van der Waals surface area contributed by atoms with Crippen LogP contribution in [0.3, 0.4) is 0 Å². The molecule has 0 aliphatic carbocycles. The smallest absolute Gasteiger partial charge is 0.443 e. The molecule has 7 heteroatoms. The molecule has 0 amide bonds. The van der Waals surface area contributed by atoms with Gasteiger partial charge >= 0.3 is 13.2 Å². The topological polar surface area (TPSA) is 49.7 Å². The Morgan fingerprint density at radius 1 is 1.10 bits per heavy atom. The Hall–Kier alpha value is -1.76. The van der Waals surface area contributed by atoms with Gasteiger partial charge < -0.3 is 14.0 Å². The number of hydrogen-bond donors (Lipinski definition) is 0. The summed E-state index contributed by atoms with van der Waals surface area (Å²) in [6.45, 7) is 15.5. The van der Waals surface area contributed by atoms with Crippen LogP contribution in [0.5, 0.6) is 0 Å². The lowest BCUT2D eigenvalue weighted by atomic mass is 9.81. The lowest BCUT2D eigenvalue weighted by molar-refractivity contribution is 0.00578. The van der Waals surface area contributed by atoms with Crippen LogP contribution in [-0.4, -0.2) is 34.6 Å². The van der Waals surface area contributed by atoms with Crippen molar-refractivity contribution in [3.05, 3.63) is 41.0 Å². The Morgan fingerprint density at radius 3 is 2.24 bits per heavy atom. The predicted molar refractivity (Wildman–Crippen MR) is 117 cm³/mol. The fraction of sp³-hybridized carbons (Fsp3) is 0.500. The fourth-order valence-corrected chi connectivity index (χ4v) is 3.30. The van der Waals surface area contributed by atoms with Crippen molar-refractivity contribution in [1.29, 1.82) is 0 Å². The van der Waals surface area contributed by atoms with Crippen molar-refractivity contribution in [2.45, 2.75) is 72.2 Å². The molecule has 5 nitrogen and oxygen atoms in total. The van der Waals surface area contributed by atoms with E-state index < -0.39 is 30.0 Å². The quantitative estimate of drug-likeness (QED) is 0.630. The summed E-state index contributed by atoms with van der Waals surface area (Å²) in [6, 6.07) is 7.51. The number of benzene rings is 1. The number of ether oxygens (including phenoxy) is 1. The first kappa shape index (κ1) is 21.9. The molecule has 0 unspecified atom stereocenters. The predicted octanol–water partition coefficient (Wildman–Crippen LogP) is 5.20. The summed E-state index contributed by atoms with van der Waals surface area (Å²) in [5.74, 6) is 0. The lowest BCUT2D eigenvalue weighted by Gasteiger charge is -2.32. The second-order valence-electron chi connectivity index (χ2n) is 9.56. The second-order valence-corrected chi connectivity index (χ2v) is 9.99. The van der Waals surface area contributed by atoms with Crippen LogP contribution in [-0.2, 0) is 14.0 Å². The molecule has 1 aliphatic rings. The van der Waals surface area contributed by atoms with Crippen LogP contribution < -0.4 is 5.46 Å². The maximum absolute atomic E-state index is 13.0. The van der Waals surface area contributed by atoms with Crippen LogP contribution in [0.25, 0.3) is 11.3 Å². The zero-order valence-corrected chi connectivity index (χ0v) is 19.2. The molecular weight excluding hydrogens is 389 g/mol. The van der Waals surface area contributed by atoms with Gasteiger partial charge in [0.15, 0.2) is 0 Å². The molecule has 0 N–H and O–H groups in total. The maximum Gasteiger partial charge on any atom is 0.496 e. The van der Waals surface area contributed by atoms with E-state index in [1.165, 1.54) is 4.57 Å². The first-order chi connectivity index (χ1) is 13.2. The molecule has 0 bridgehead atoms. The third kappa shape index (κ3) is 4.40. The molecule has 1 aromatic carbocycles. The third-order valence-corrected chi connectivity index (χ3v) is 5.67. The fourth-order valence-electron chi connectivity index (χ4n) is 3.13. The van der Waals surface area contributed by atoms with Gasteiger partial charge in [-0.25, -0.2) is 4.79 Å². The molecule has 1 aliphatic heterocycles. The summed E-state index contributed by atoms with van der Waals surface area (Å²) >= 11 is 6.24. The van der Waals surface area contributed by atoms with Crippen LogP contribution >= 0.6 is 11.6 Å². The van der Waals surface area contributed by atoms with E-state index in [2.05, 4.69) is 0 Å². The van der Waals surface area contributed by atoms with Gasteiger partial charge in [0, 0.05) is 22.2 Å². The van der Waals surface area contributed by atoms with Gasteiger partial charge in [0.1, 0.15) is 5.60 Å². The molecule has 29 heavy (non-hydrogen) atoms. The largest absolute Gasteiger partial charge is 0.496 e. The third-order valence-electron chi connectivity index (χ3n) is 5.43. The Bertz CT molecular complexity index is 927. The van der Waals surface area contributed by atoms with Crippen LogP contribution in [0, 0.1) is 6.92 Å². The van der Waals surface area contributed by atoms with Crippen molar-refractivity contribution in [2.75, 3.05) is 0 Å². The summed E-state index contributed by atoms with van der Waals surface area (Å²) in [5.41, 5.74) is 1.72. The normalized spacial score (nSPS) is 18.2. The van der Waals surface area contributed by atoms with E-state index in [-0.39, 0.29) is 0 Å². The van der Waals surface area contributed by atoms with E-state index in [9.17, 15) is 4.79 Å². The van der Waals surface area contributed by atoms with E-state index in [0.717, 1.165) is 16.6 Å². The van der Waals surface area contributed by atoms with Crippen molar-refractivity contribution in [3.8, 4) is 11.3 Å². The molecule has 0 saturated carbocycles. The van der Waals surface area contributed by atoms with Crippen molar-refractivity contribution >= 4 is 30.3 Å². The lowest BCUT2D eigenvalue weighted by Crippen LogP contribution is -2.41. The minimum absolute atomic E-state index is 0.463. The molecule has 156 valence electrons. The van der Waals surface area contributed by atoms with E-state index in [1.54, 1.807) is 6.20 Å². The number of hydrogen-bond acceptors (Lipinski definition) is 4. The zero-order chi connectivity index (χ0) is 21.8. The summed E-state index contributed by atoms with van der Waals surface area (Å²) in [5, 5.41) is 0.597. The van der Waals surface area contributed by atoms with Gasteiger partial charge in [-0.2, -0.15) is 0 Å². The summed E-state index contributed by atoms with van der Waals surface area (Å²) < 4.78 is 19.5. The standard InChI is InChI=1S/C22H29BClNO4/c1-14-9-10-16(24)12-17(14)18-11-15(13-25(18)19(26)27-20(2,3)4)23-28-21(5,6)22(7,8)29-23/h9-13H,1-8H3. The summed E-state index contributed by atoms with van der Waals surface area (Å²) in [6.07, 6.45) is 1.26. The Morgan fingerprint density at radius 2 is 1.69 bits per heavy atom. The highest BCUT2D eigenvalue weighted by Crippen LogP contribution is 2.37. The molecule has 1 fully saturated rings. The monoisotopic (exact) mass is 417 g/mol. The van der Waals surface area contributed by atoms with Gasteiger partial charge in [-0.3, -0.25) is 4.57 Å². The van der Waals surface area contributed by atoms with Gasteiger partial charge in [-0.05, 0) is 79.2 Å². The average molecular weight is 418 g/mol. The van der Waals surface area contributed by atoms with Crippen molar-refractivity contribution in [3.63, 3.8) is 0 Å². The molecule has 2 heterocycles. The molecule has 2 aromatic rings. The highest BCUT2D eigenvalue weighted by Gasteiger charge is 2.52. The van der Waals surface area contributed by atoms with Gasteiger partial charge in [0.05, 0.1) is 16.9 Å². The minimum atomic E-state index is -0.619. The Balaban J connectivity index is 2.10. The first-order valence-electron chi connectivity index (χ1n) is 9.78. The first-order valence-corrected chi connectivity index (χ1v) is 10.2. The summed E-state index contributed by atoms with van der Waals surface area (Å²) in [4.78, 5) is 13.0. The van der Waals surface area contributed by atoms with Gasteiger partial charge in [0.25, 0.3) is 0 Å². The number of aryl methyl sites for hydroxylation is 1. The number of aromatic nitrogens is 1. The highest BCUT2D eigenvalue weighted by atomic mass is 35.5. The van der Waals surface area contributed by atoms with E-state index in [4.69, 9.17) is 25.6 Å².